The number of hydrogen-bond acceptors (Lipinski definition) is 6. The molecule has 190 valence electrons. The van der Waals surface area contributed by atoms with Crippen molar-refractivity contribution in [3.8, 4) is 0 Å². The van der Waals surface area contributed by atoms with Crippen LogP contribution in [0.5, 0.6) is 0 Å². The van der Waals surface area contributed by atoms with Crippen molar-refractivity contribution < 1.29 is 24.2 Å². The molecule has 0 aromatic heterocycles. The van der Waals surface area contributed by atoms with Crippen molar-refractivity contribution in [1.82, 2.24) is 10.6 Å². The second kappa shape index (κ2) is 13.8. The first-order valence-corrected chi connectivity index (χ1v) is 11.9. The van der Waals surface area contributed by atoms with Gasteiger partial charge in [-0.15, -0.1) is 0 Å². The average Bonchev–Trinajstić information content (AvgIpc) is 2.90. The van der Waals surface area contributed by atoms with Gasteiger partial charge >= 0.3 is 6.09 Å². The van der Waals surface area contributed by atoms with E-state index in [-0.39, 0.29) is 6.61 Å². The summed E-state index contributed by atoms with van der Waals surface area (Å²) < 4.78 is 5.14. The Hall–Kier alpha value is -3.95. The van der Waals surface area contributed by atoms with E-state index in [4.69, 9.17) is 10.5 Å². The SMILES string of the molecule is N[C@@H](CCCCNC(=O)OCc1ccccc1)C(=O)N[C@@H](CO)C(=O)Nc1ccc2ccccc2c1. The lowest BCUT2D eigenvalue weighted by atomic mass is 10.1. The zero-order valence-corrected chi connectivity index (χ0v) is 20.0. The Morgan fingerprint density at radius 1 is 0.889 bits per heavy atom. The second-order valence-electron chi connectivity index (χ2n) is 8.39. The smallest absolute Gasteiger partial charge is 0.407 e. The molecule has 9 nitrogen and oxygen atoms in total. The van der Waals surface area contributed by atoms with Crippen molar-refractivity contribution in [3.63, 3.8) is 0 Å². The zero-order chi connectivity index (χ0) is 25.8. The van der Waals surface area contributed by atoms with Crippen LogP contribution in [-0.2, 0) is 20.9 Å². The summed E-state index contributed by atoms with van der Waals surface area (Å²) in [5, 5.41) is 19.5. The van der Waals surface area contributed by atoms with Crippen LogP contribution in [0.1, 0.15) is 24.8 Å². The predicted molar refractivity (Wildman–Crippen MR) is 138 cm³/mol. The minimum absolute atomic E-state index is 0.193. The van der Waals surface area contributed by atoms with Crippen LogP contribution in [0.25, 0.3) is 10.8 Å². The van der Waals surface area contributed by atoms with E-state index in [1.54, 1.807) is 6.07 Å². The fourth-order valence-electron chi connectivity index (χ4n) is 3.55. The Kier molecular flexibility index (Phi) is 10.2. The van der Waals surface area contributed by atoms with Gasteiger partial charge in [-0.1, -0.05) is 60.7 Å². The fraction of sp³-hybridized carbons (Fsp3) is 0.296. The van der Waals surface area contributed by atoms with E-state index in [0.717, 1.165) is 16.3 Å². The number of benzene rings is 3. The zero-order valence-electron chi connectivity index (χ0n) is 20.0. The third-order valence-corrected chi connectivity index (χ3v) is 5.59. The molecule has 0 saturated heterocycles. The number of ether oxygens (including phenoxy) is 1. The highest BCUT2D eigenvalue weighted by molar-refractivity contribution is 5.99. The van der Waals surface area contributed by atoms with Crippen LogP contribution >= 0.6 is 0 Å². The molecule has 0 aliphatic heterocycles. The number of alkyl carbamates (subject to hydrolysis) is 1. The molecule has 36 heavy (non-hydrogen) atoms. The maximum Gasteiger partial charge on any atom is 0.407 e. The van der Waals surface area contributed by atoms with Crippen molar-refractivity contribution >= 4 is 34.4 Å². The lowest BCUT2D eigenvalue weighted by Gasteiger charge is -2.19. The van der Waals surface area contributed by atoms with Gasteiger partial charge in [0.05, 0.1) is 12.6 Å². The summed E-state index contributed by atoms with van der Waals surface area (Å²) in [5.74, 6) is -1.07. The third-order valence-electron chi connectivity index (χ3n) is 5.59. The highest BCUT2D eigenvalue weighted by atomic mass is 16.5. The van der Waals surface area contributed by atoms with E-state index < -0.39 is 36.6 Å². The highest BCUT2D eigenvalue weighted by Crippen LogP contribution is 2.19. The van der Waals surface area contributed by atoms with Crippen LogP contribution in [0.3, 0.4) is 0 Å². The number of amides is 3. The quantitative estimate of drug-likeness (QED) is 0.246. The summed E-state index contributed by atoms with van der Waals surface area (Å²) >= 11 is 0. The van der Waals surface area contributed by atoms with Crippen molar-refractivity contribution in [2.45, 2.75) is 38.0 Å². The Labute approximate surface area is 210 Å². The highest BCUT2D eigenvalue weighted by Gasteiger charge is 2.23. The van der Waals surface area contributed by atoms with Crippen LogP contribution < -0.4 is 21.7 Å². The second-order valence-corrected chi connectivity index (χ2v) is 8.39. The molecule has 2 atom stereocenters. The maximum absolute atomic E-state index is 12.6. The van der Waals surface area contributed by atoms with Gasteiger partial charge in [0.1, 0.15) is 12.6 Å². The molecule has 0 aliphatic rings. The topological polar surface area (TPSA) is 143 Å². The molecule has 0 unspecified atom stereocenters. The molecule has 6 N–H and O–H groups in total. The number of carbonyl (C=O) groups excluding carboxylic acids is 3. The Morgan fingerprint density at radius 3 is 2.36 bits per heavy atom. The minimum atomic E-state index is -1.13. The number of unbranched alkanes of at least 4 members (excludes halogenated alkanes) is 1. The number of carbonyl (C=O) groups is 3. The van der Waals surface area contributed by atoms with E-state index in [1.807, 2.05) is 66.7 Å². The summed E-state index contributed by atoms with van der Waals surface area (Å²) in [6.45, 7) is 0.0143. The van der Waals surface area contributed by atoms with Crippen LogP contribution in [0.2, 0.25) is 0 Å². The lowest BCUT2D eigenvalue weighted by molar-refractivity contribution is -0.128. The number of rotatable bonds is 12. The standard InChI is InChI=1S/C27H32N4O5/c28-23(12-6-7-15-29-27(35)36-18-19-8-2-1-3-9-19)25(33)31-24(17-32)26(34)30-22-14-13-20-10-4-5-11-21(20)16-22/h1-5,8-11,13-14,16,23-24,32H,6-7,12,15,17-18,28H2,(H,29,35)(H,30,34)(H,31,33)/t23-,24-/m0/s1. The van der Waals surface area contributed by atoms with E-state index in [9.17, 15) is 19.5 Å². The summed E-state index contributed by atoms with van der Waals surface area (Å²) in [4.78, 5) is 36.7. The van der Waals surface area contributed by atoms with Crippen LogP contribution in [0.15, 0.2) is 72.8 Å². The van der Waals surface area contributed by atoms with Gasteiger partial charge in [-0.2, -0.15) is 0 Å². The molecule has 9 heteroatoms. The largest absolute Gasteiger partial charge is 0.445 e. The van der Waals surface area contributed by atoms with E-state index in [2.05, 4.69) is 16.0 Å². The van der Waals surface area contributed by atoms with E-state index >= 15 is 0 Å². The average molecular weight is 493 g/mol. The Bertz CT molecular complexity index is 1160. The van der Waals surface area contributed by atoms with Gasteiger partial charge in [0.25, 0.3) is 0 Å². The van der Waals surface area contributed by atoms with Crippen LogP contribution in [0, 0.1) is 0 Å². The molecule has 3 aromatic carbocycles. The molecule has 0 bridgehead atoms. The molecule has 0 saturated carbocycles. The summed E-state index contributed by atoms with van der Waals surface area (Å²) in [6, 6.07) is 20.6. The molecular weight excluding hydrogens is 460 g/mol. The van der Waals surface area contributed by atoms with Crippen LogP contribution in [-0.4, -0.2) is 48.2 Å². The molecular formula is C27H32N4O5. The lowest BCUT2D eigenvalue weighted by Crippen LogP contribution is -2.51. The number of anilines is 1. The van der Waals surface area contributed by atoms with E-state index in [1.165, 1.54) is 0 Å². The molecule has 0 fully saturated rings. The monoisotopic (exact) mass is 492 g/mol. The molecule has 3 rings (SSSR count). The molecule has 0 heterocycles. The van der Waals surface area contributed by atoms with Gasteiger partial charge in [-0.3, -0.25) is 9.59 Å². The summed E-state index contributed by atoms with van der Waals surface area (Å²) in [7, 11) is 0. The number of nitrogens with one attached hydrogen (secondary N) is 3. The molecule has 3 aromatic rings. The van der Waals surface area contributed by atoms with Crippen molar-refractivity contribution in [2.24, 2.45) is 5.73 Å². The van der Waals surface area contributed by atoms with E-state index in [0.29, 0.717) is 31.5 Å². The van der Waals surface area contributed by atoms with Crippen LogP contribution in [0.4, 0.5) is 10.5 Å². The molecule has 3 amide bonds. The number of hydrogen-bond donors (Lipinski definition) is 5. The van der Waals surface area contributed by atoms with Gasteiger partial charge in [0, 0.05) is 12.2 Å². The Balaban J connectivity index is 1.34. The first-order valence-electron chi connectivity index (χ1n) is 11.9. The molecule has 0 radical (unpaired) electrons. The summed E-state index contributed by atoms with van der Waals surface area (Å²) in [6.07, 6.45) is 1.04. The Morgan fingerprint density at radius 2 is 1.61 bits per heavy atom. The van der Waals surface area contributed by atoms with Gasteiger partial charge in [-0.05, 0) is 47.7 Å². The van der Waals surface area contributed by atoms with Gasteiger partial charge in [0.15, 0.2) is 0 Å². The first kappa shape index (κ1) is 26.7. The predicted octanol–water partition coefficient (Wildman–Crippen LogP) is 2.68. The fourth-order valence-corrected chi connectivity index (χ4v) is 3.55. The molecule has 0 spiro atoms. The summed E-state index contributed by atoms with van der Waals surface area (Å²) in [5.41, 5.74) is 7.41. The number of fused-ring (bicyclic) bond motifs is 1. The van der Waals surface area contributed by atoms with Gasteiger partial charge in [-0.25, -0.2) is 4.79 Å². The van der Waals surface area contributed by atoms with Crippen molar-refractivity contribution in [3.05, 3.63) is 78.4 Å². The van der Waals surface area contributed by atoms with Gasteiger partial charge in [0.2, 0.25) is 11.8 Å². The normalized spacial score (nSPS) is 12.4. The third kappa shape index (κ3) is 8.37. The van der Waals surface area contributed by atoms with Crippen molar-refractivity contribution in [1.29, 1.82) is 0 Å². The number of aliphatic hydroxyl groups is 1. The van der Waals surface area contributed by atoms with Gasteiger partial charge < -0.3 is 31.5 Å². The minimum Gasteiger partial charge on any atom is -0.445 e. The first-order chi connectivity index (χ1) is 17.5. The molecule has 0 aliphatic carbocycles. The number of nitrogens with two attached hydrogens (primary N) is 1. The number of aliphatic hydroxyl groups excluding tert-OH is 1. The maximum atomic E-state index is 12.6. The van der Waals surface area contributed by atoms with Crippen molar-refractivity contribution in [2.75, 3.05) is 18.5 Å².